The van der Waals surface area contributed by atoms with Gasteiger partial charge in [0.2, 0.25) is 5.95 Å². The Morgan fingerprint density at radius 2 is 2.39 bits per heavy atom. The lowest BCUT2D eigenvalue weighted by Crippen LogP contribution is -2.11. The molecule has 0 radical (unpaired) electrons. The quantitative estimate of drug-likeness (QED) is 0.846. The second kappa shape index (κ2) is 5.87. The van der Waals surface area contributed by atoms with Gasteiger partial charge in [0.15, 0.2) is 0 Å². The molecule has 1 N–H and O–H groups in total. The Labute approximate surface area is 116 Å². The first-order chi connectivity index (χ1) is 8.70. The van der Waals surface area contributed by atoms with Gasteiger partial charge >= 0.3 is 0 Å². The van der Waals surface area contributed by atoms with Gasteiger partial charge in [0.25, 0.3) is 0 Å². The smallest absolute Gasteiger partial charge is 0.203 e. The number of benzene rings is 1. The summed E-state index contributed by atoms with van der Waals surface area (Å²) in [5.41, 5.74) is 1.22. The van der Waals surface area contributed by atoms with Crippen molar-refractivity contribution < 1.29 is 0 Å². The van der Waals surface area contributed by atoms with Crippen molar-refractivity contribution in [1.29, 1.82) is 0 Å². The van der Waals surface area contributed by atoms with Gasteiger partial charge in [0.1, 0.15) is 0 Å². The maximum Gasteiger partial charge on any atom is 0.203 e. The van der Waals surface area contributed by atoms with Gasteiger partial charge in [-0.3, -0.25) is 0 Å². The van der Waals surface area contributed by atoms with Crippen molar-refractivity contribution in [2.75, 3.05) is 5.32 Å². The van der Waals surface area contributed by atoms with E-state index in [1.807, 2.05) is 29.0 Å². The number of nitrogens with one attached hydrogen (secondary N) is 1. The van der Waals surface area contributed by atoms with E-state index in [9.17, 15) is 0 Å². The van der Waals surface area contributed by atoms with Gasteiger partial charge in [-0.1, -0.05) is 34.1 Å². The summed E-state index contributed by atoms with van der Waals surface area (Å²) < 4.78 is 3.12. The highest BCUT2D eigenvalue weighted by molar-refractivity contribution is 9.10. The van der Waals surface area contributed by atoms with Crippen molar-refractivity contribution in [3.63, 3.8) is 0 Å². The van der Waals surface area contributed by atoms with Gasteiger partial charge in [0.05, 0.1) is 6.04 Å². The molecule has 1 atom stereocenters. The molecule has 0 saturated carbocycles. The summed E-state index contributed by atoms with van der Waals surface area (Å²) in [5, 5.41) is 3.40. The molecule has 0 aliphatic heterocycles. The van der Waals surface area contributed by atoms with Gasteiger partial charge in [-0.25, -0.2) is 4.98 Å². The van der Waals surface area contributed by atoms with Crippen LogP contribution in [0.1, 0.15) is 18.5 Å². The number of imidazole rings is 1. The topological polar surface area (TPSA) is 29.9 Å². The minimum Gasteiger partial charge on any atom is -0.349 e. The van der Waals surface area contributed by atoms with Crippen LogP contribution in [0.4, 0.5) is 5.95 Å². The Morgan fingerprint density at radius 1 is 1.56 bits per heavy atom. The minimum absolute atomic E-state index is 0.202. The van der Waals surface area contributed by atoms with Crippen LogP contribution in [0.25, 0.3) is 0 Å². The number of hydrogen-bond acceptors (Lipinski definition) is 2. The van der Waals surface area contributed by atoms with Crippen LogP contribution < -0.4 is 5.32 Å². The third-order valence-electron chi connectivity index (χ3n) is 2.74. The lowest BCUT2D eigenvalue weighted by molar-refractivity contribution is 0.784. The molecule has 1 aromatic carbocycles. The molecule has 2 aromatic rings. The van der Waals surface area contributed by atoms with Gasteiger partial charge in [0, 0.05) is 23.4 Å². The highest BCUT2D eigenvalue weighted by Crippen LogP contribution is 2.21. The molecule has 0 saturated heterocycles. The first-order valence-electron chi connectivity index (χ1n) is 5.84. The van der Waals surface area contributed by atoms with E-state index in [4.69, 9.17) is 0 Å². The molecule has 1 heterocycles. The lowest BCUT2D eigenvalue weighted by atomic mass is 10.1. The number of hydrogen-bond donors (Lipinski definition) is 1. The average molecular weight is 306 g/mol. The Morgan fingerprint density at radius 3 is 3.11 bits per heavy atom. The van der Waals surface area contributed by atoms with Crippen LogP contribution in [0.5, 0.6) is 0 Å². The largest absolute Gasteiger partial charge is 0.349 e. The SMILES string of the molecule is C=CCn1ccnc1NC(C)c1cccc(Br)c1. The second-order valence-corrected chi connectivity index (χ2v) is 5.03. The molecule has 0 fully saturated rings. The summed E-state index contributed by atoms with van der Waals surface area (Å²) >= 11 is 3.49. The Bertz CT molecular complexity index is 533. The van der Waals surface area contributed by atoms with E-state index < -0.39 is 0 Å². The van der Waals surface area contributed by atoms with Crippen LogP contribution in [0.3, 0.4) is 0 Å². The summed E-state index contributed by atoms with van der Waals surface area (Å²) in [6.45, 7) is 6.62. The van der Waals surface area contributed by atoms with Crippen LogP contribution in [-0.2, 0) is 6.54 Å². The minimum atomic E-state index is 0.202. The highest BCUT2D eigenvalue weighted by atomic mass is 79.9. The summed E-state index contributed by atoms with van der Waals surface area (Å²) in [5.74, 6) is 0.863. The molecule has 1 unspecified atom stereocenters. The van der Waals surface area contributed by atoms with Crippen LogP contribution in [0, 0.1) is 0 Å². The predicted octanol–water partition coefficient (Wildman–Crippen LogP) is 4.00. The molecule has 0 aliphatic carbocycles. The third kappa shape index (κ3) is 3.01. The molecular formula is C14H16BrN3. The molecule has 0 bridgehead atoms. The third-order valence-corrected chi connectivity index (χ3v) is 3.23. The molecule has 94 valence electrons. The van der Waals surface area contributed by atoms with Crippen molar-refractivity contribution in [2.24, 2.45) is 0 Å². The van der Waals surface area contributed by atoms with E-state index in [1.165, 1.54) is 5.56 Å². The van der Waals surface area contributed by atoms with Crippen LogP contribution in [-0.4, -0.2) is 9.55 Å². The van der Waals surface area contributed by atoms with Crippen molar-refractivity contribution in [3.8, 4) is 0 Å². The van der Waals surface area contributed by atoms with Crippen molar-refractivity contribution in [2.45, 2.75) is 19.5 Å². The van der Waals surface area contributed by atoms with Crippen LogP contribution in [0.2, 0.25) is 0 Å². The average Bonchev–Trinajstić information content (AvgIpc) is 2.77. The number of rotatable bonds is 5. The number of halogens is 1. The van der Waals surface area contributed by atoms with E-state index in [2.05, 4.69) is 51.9 Å². The fourth-order valence-corrected chi connectivity index (χ4v) is 2.21. The van der Waals surface area contributed by atoms with E-state index in [0.717, 1.165) is 17.0 Å². The summed E-state index contributed by atoms with van der Waals surface area (Å²) in [4.78, 5) is 4.32. The number of nitrogens with zero attached hydrogens (tertiary/aromatic N) is 2. The Hall–Kier alpha value is -1.55. The van der Waals surface area contributed by atoms with Crippen molar-refractivity contribution in [3.05, 3.63) is 59.4 Å². The van der Waals surface area contributed by atoms with Crippen LogP contribution in [0.15, 0.2) is 53.8 Å². The zero-order valence-corrected chi connectivity index (χ0v) is 11.9. The van der Waals surface area contributed by atoms with Gasteiger partial charge in [-0.05, 0) is 24.6 Å². The molecule has 0 spiro atoms. The highest BCUT2D eigenvalue weighted by Gasteiger charge is 2.08. The standard InChI is InChI=1S/C14H16BrN3/c1-3-8-18-9-7-16-14(18)17-11(2)12-5-4-6-13(15)10-12/h3-7,9-11H,1,8H2,2H3,(H,16,17). The monoisotopic (exact) mass is 305 g/mol. The molecule has 0 aliphatic rings. The molecule has 3 nitrogen and oxygen atoms in total. The molecule has 0 amide bonds. The van der Waals surface area contributed by atoms with E-state index in [-0.39, 0.29) is 6.04 Å². The van der Waals surface area contributed by atoms with E-state index in [1.54, 1.807) is 6.20 Å². The van der Waals surface area contributed by atoms with Crippen molar-refractivity contribution in [1.82, 2.24) is 9.55 Å². The summed E-state index contributed by atoms with van der Waals surface area (Å²) in [7, 11) is 0. The molecular weight excluding hydrogens is 290 g/mol. The zero-order chi connectivity index (χ0) is 13.0. The number of allylic oxidation sites excluding steroid dienone is 1. The fourth-order valence-electron chi connectivity index (χ4n) is 1.79. The lowest BCUT2D eigenvalue weighted by Gasteiger charge is -2.16. The van der Waals surface area contributed by atoms with Gasteiger partial charge in [-0.15, -0.1) is 6.58 Å². The van der Waals surface area contributed by atoms with E-state index in [0.29, 0.717) is 0 Å². The molecule has 2 rings (SSSR count). The maximum atomic E-state index is 4.32. The van der Waals surface area contributed by atoms with E-state index >= 15 is 0 Å². The Balaban J connectivity index is 2.13. The summed E-state index contributed by atoms with van der Waals surface area (Å²) in [6, 6.07) is 8.47. The Kier molecular flexibility index (Phi) is 4.20. The fraction of sp³-hybridized carbons (Fsp3) is 0.214. The summed E-state index contributed by atoms with van der Waals surface area (Å²) in [6.07, 6.45) is 5.59. The second-order valence-electron chi connectivity index (χ2n) is 4.11. The number of aromatic nitrogens is 2. The van der Waals surface area contributed by atoms with Crippen LogP contribution >= 0.6 is 15.9 Å². The zero-order valence-electron chi connectivity index (χ0n) is 10.3. The maximum absolute atomic E-state index is 4.32. The van der Waals surface area contributed by atoms with Gasteiger partial charge in [-0.2, -0.15) is 0 Å². The molecule has 18 heavy (non-hydrogen) atoms. The predicted molar refractivity (Wildman–Crippen MR) is 78.6 cm³/mol. The number of anilines is 1. The first-order valence-corrected chi connectivity index (χ1v) is 6.64. The molecule has 4 heteroatoms. The van der Waals surface area contributed by atoms with Crippen molar-refractivity contribution >= 4 is 21.9 Å². The van der Waals surface area contributed by atoms with Gasteiger partial charge < -0.3 is 9.88 Å². The first kappa shape index (κ1) is 12.9. The molecule has 1 aromatic heterocycles. The normalized spacial score (nSPS) is 12.1.